The summed E-state index contributed by atoms with van der Waals surface area (Å²) in [6.07, 6.45) is 0.739. The van der Waals surface area contributed by atoms with Crippen molar-refractivity contribution in [2.75, 3.05) is 53.5 Å². The third-order valence-electron chi connectivity index (χ3n) is 5.37. The normalized spacial score (nSPS) is 15.3. The van der Waals surface area contributed by atoms with Crippen LogP contribution in [0.15, 0.2) is 22.7 Å². The van der Waals surface area contributed by atoms with E-state index in [0.29, 0.717) is 37.0 Å². The quantitative estimate of drug-likeness (QED) is 0.608. The van der Waals surface area contributed by atoms with Crippen molar-refractivity contribution in [3.63, 3.8) is 0 Å². The average molecular weight is 432 g/mol. The molecule has 0 aliphatic carbocycles. The predicted molar refractivity (Wildman–Crippen MR) is 116 cm³/mol. The number of aromatic nitrogens is 2. The Hall–Kier alpha value is -2.65. The van der Waals surface area contributed by atoms with Gasteiger partial charge in [-0.25, -0.2) is 0 Å². The lowest BCUT2D eigenvalue weighted by Crippen LogP contribution is -2.49. The van der Waals surface area contributed by atoms with Crippen LogP contribution in [0.3, 0.4) is 0 Å². The van der Waals surface area contributed by atoms with E-state index < -0.39 is 0 Å². The third-order valence-corrected chi connectivity index (χ3v) is 5.37. The zero-order valence-electron chi connectivity index (χ0n) is 18.9. The molecule has 1 aromatic carbocycles. The molecule has 170 valence electrons. The van der Waals surface area contributed by atoms with Crippen LogP contribution in [-0.4, -0.2) is 79.3 Å². The highest BCUT2D eigenvalue weighted by molar-refractivity contribution is 5.78. The van der Waals surface area contributed by atoms with Crippen LogP contribution in [0.2, 0.25) is 0 Å². The second kappa shape index (κ2) is 11.1. The third kappa shape index (κ3) is 6.67. The average Bonchev–Trinajstić information content (AvgIpc) is 3.24. The summed E-state index contributed by atoms with van der Waals surface area (Å²) in [5.74, 6) is 3.12. The molecule has 0 saturated carbocycles. The smallest absolute Gasteiger partial charge is 0.240 e. The molecule has 1 fully saturated rings. The summed E-state index contributed by atoms with van der Waals surface area (Å²) in [5, 5.41) is 7.02. The second-order valence-electron chi connectivity index (χ2n) is 8.04. The fraction of sp³-hybridized carbons (Fsp3) is 0.591. The number of nitrogens with one attached hydrogen (secondary N) is 1. The van der Waals surface area contributed by atoms with Gasteiger partial charge in [-0.3, -0.25) is 14.6 Å². The molecule has 2 aromatic rings. The highest BCUT2D eigenvalue weighted by Gasteiger charge is 2.21. The molecule has 1 aromatic heterocycles. The van der Waals surface area contributed by atoms with E-state index in [1.807, 2.05) is 32.0 Å². The van der Waals surface area contributed by atoms with E-state index in [1.165, 1.54) is 0 Å². The van der Waals surface area contributed by atoms with Gasteiger partial charge in [0.15, 0.2) is 17.3 Å². The fourth-order valence-corrected chi connectivity index (χ4v) is 3.50. The van der Waals surface area contributed by atoms with Crippen LogP contribution in [0, 0.1) is 0 Å². The van der Waals surface area contributed by atoms with Crippen LogP contribution in [0.5, 0.6) is 11.5 Å². The van der Waals surface area contributed by atoms with Gasteiger partial charge in [0.2, 0.25) is 11.8 Å². The van der Waals surface area contributed by atoms with Gasteiger partial charge in [-0.1, -0.05) is 25.1 Å². The summed E-state index contributed by atoms with van der Waals surface area (Å²) in [5.41, 5.74) is 1.09. The minimum absolute atomic E-state index is 0.0485. The monoisotopic (exact) mass is 431 g/mol. The van der Waals surface area contributed by atoms with E-state index in [2.05, 4.69) is 25.3 Å². The SMILES string of the molecule is COc1ccc(CCNC(=O)CN2CCN(Cc3nc(C(C)C)no3)CC2)cc1OC. The summed E-state index contributed by atoms with van der Waals surface area (Å²) < 4.78 is 15.9. The highest BCUT2D eigenvalue weighted by atomic mass is 16.5. The lowest BCUT2D eigenvalue weighted by atomic mass is 10.1. The van der Waals surface area contributed by atoms with Crippen molar-refractivity contribution in [1.29, 1.82) is 0 Å². The topological polar surface area (TPSA) is 93.0 Å². The second-order valence-corrected chi connectivity index (χ2v) is 8.04. The molecule has 1 amide bonds. The Morgan fingerprint density at radius 2 is 1.84 bits per heavy atom. The van der Waals surface area contributed by atoms with Gasteiger partial charge in [0, 0.05) is 38.6 Å². The van der Waals surface area contributed by atoms with Gasteiger partial charge in [0.05, 0.1) is 27.3 Å². The minimum Gasteiger partial charge on any atom is -0.493 e. The van der Waals surface area contributed by atoms with Crippen LogP contribution < -0.4 is 14.8 Å². The lowest BCUT2D eigenvalue weighted by Gasteiger charge is -2.33. The van der Waals surface area contributed by atoms with Crippen molar-refractivity contribution < 1.29 is 18.8 Å². The zero-order valence-corrected chi connectivity index (χ0v) is 18.9. The lowest BCUT2D eigenvalue weighted by molar-refractivity contribution is -0.122. The van der Waals surface area contributed by atoms with E-state index in [4.69, 9.17) is 14.0 Å². The van der Waals surface area contributed by atoms with Crippen LogP contribution >= 0.6 is 0 Å². The van der Waals surface area contributed by atoms with Crippen molar-refractivity contribution in [2.45, 2.75) is 32.7 Å². The largest absolute Gasteiger partial charge is 0.493 e. The maximum absolute atomic E-state index is 12.3. The molecule has 31 heavy (non-hydrogen) atoms. The zero-order chi connectivity index (χ0) is 22.2. The molecule has 0 bridgehead atoms. The van der Waals surface area contributed by atoms with E-state index in [-0.39, 0.29) is 11.8 Å². The Bertz CT molecular complexity index is 846. The molecular weight excluding hydrogens is 398 g/mol. The van der Waals surface area contributed by atoms with Gasteiger partial charge in [0.1, 0.15) is 0 Å². The van der Waals surface area contributed by atoms with Gasteiger partial charge in [-0.05, 0) is 24.1 Å². The van der Waals surface area contributed by atoms with E-state index in [1.54, 1.807) is 14.2 Å². The Morgan fingerprint density at radius 1 is 1.13 bits per heavy atom. The van der Waals surface area contributed by atoms with Crippen molar-refractivity contribution in [1.82, 2.24) is 25.3 Å². The number of benzene rings is 1. The van der Waals surface area contributed by atoms with Gasteiger partial charge in [-0.15, -0.1) is 0 Å². The molecule has 9 heteroatoms. The summed E-state index contributed by atoms with van der Waals surface area (Å²) >= 11 is 0. The van der Waals surface area contributed by atoms with Crippen molar-refractivity contribution in [2.24, 2.45) is 0 Å². The molecule has 3 rings (SSSR count). The Labute approximate surface area is 183 Å². The number of ether oxygens (including phenoxy) is 2. The number of amides is 1. The van der Waals surface area contributed by atoms with Gasteiger partial charge in [0.25, 0.3) is 0 Å². The highest BCUT2D eigenvalue weighted by Crippen LogP contribution is 2.27. The summed E-state index contributed by atoms with van der Waals surface area (Å²) in [7, 11) is 3.24. The molecule has 1 aliphatic heterocycles. The van der Waals surface area contributed by atoms with E-state index in [9.17, 15) is 4.79 Å². The predicted octanol–water partition coefficient (Wildman–Crippen LogP) is 1.69. The Kier molecular flexibility index (Phi) is 8.25. The number of carbonyl (C=O) groups is 1. The molecule has 0 unspecified atom stereocenters. The standard InChI is InChI=1S/C22H33N5O4/c1-16(2)22-24-21(31-25-22)15-27-11-9-26(10-12-27)14-20(28)23-8-7-17-5-6-18(29-3)19(13-17)30-4/h5-6,13,16H,7-12,14-15H2,1-4H3,(H,23,28). The maximum Gasteiger partial charge on any atom is 0.240 e. The number of nitrogens with zero attached hydrogens (tertiary/aromatic N) is 4. The first-order valence-electron chi connectivity index (χ1n) is 10.7. The van der Waals surface area contributed by atoms with Crippen LogP contribution in [-0.2, 0) is 17.8 Å². The van der Waals surface area contributed by atoms with E-state index >= 15 is 0 Å². The van der Waals surface area contributed by atoms with Crippen LogP contribution in [0.25, 0.3) is 0 Å². The Morgan fingerprint density at radius 3 is 2.48 bits per heavy atom. The van der Waals surface area contributed by atoms with Crippen molar-refractivity contribution in [3.05, 3.63) is 35.5 Å². The Balaban J connectivity index is 1.35. The first-order valence-corrected chi connectivity index (χ1v) is 10.7. The first-order chi connectivity index (χ1) is 15.0. The van der Waals surface area contributed by atoms with Crippen LogP contribution in [0.4, 0.5) is 0 Å². The number of hydrogen-bond donors (Lipinski definition) is 1. The van der Waals surface area contributed by atoms with Gasteiger partial charge < -0.3 is 19.3 Å². The molecule has 1 N–H and O–H groups in total. The molecular formula is C22H33N5O4. The number of piperazine rings is 1. The molecule has 0 atom stereocenters. The molecule has 0 spiro atoms. The number of carbonyl (C=O) groups excluding carboxylic acids is 1. The first kappa shape index (κ1) is 23.0. The maximum atomic E-state index is 12.3. The van der Waals surface area contributed by atoms with Crippen molar-refractivity contribution in [3.8, 4) is 11.5 Å². The molecule has 9 nitrogen and oxygen atoms in total. The minimum atomic E-state index is 0.0485. The van der Waals surface area contributed by atoms with Crippen LogP contribution in [0.1, 0.15) is 37.0 Å². The van der Waals surface area contributed by atoms with Gasteiger partial charge >= 0.3 is 0 Å². The molecule has 1 aliphatic rings. The number of hydrogen-bond acceptors (Lipinski definition) is 8. The van der Waals surface area contributed by atoms with Crippen molar-refractivity contribution >= 4 is 5.91 Å². The molecule has 1 saturated heterocycles. The summed E-state index contributed by atoms with van der Waals surface area (Å²) in [6, 6.07) is 5.81. The fourth-order valence-electron chi connectivity index (χ4n) is 3.50. The molecule has 0 radical (unpaired) electrons. The summed E-state index contributed by atoms with van der Waals surface area (Å²) in [4.78, 5) is 21.2. The number of rotatable bonds is 10. The molecule has 2 heterocycles. The number of methoxy groups -OCH3 is 2. The van der Waals surface area contributed by atoms with E-state index in [0.717, 1.165) is 44.0 Å². The van der Waals surface area contributed by atoms with Gasteiger partial charge in [-0.2, -0.15) is 4.98 Å². The summed E-state index contributed by atoms with van der Waals surface area (Å²) in [6.45, 7) is 9.18.